The van der Waals surface area contributed by atoms with Gasteiger partial charge in [-0.25, -0.2) is 4.99 Å². The van der Waals surface area contributed by atoms with Crippen molar-refractivity contribution in [3.8, 4) is 11.1 Å². The summed E-state index contributed by atoms with van der Waals surface area (Å²) in [6.07, 6.45) is 1.68. The van der Waals surface area contributed by atoms with Gasteiger partial charge in [0.25, 0.3) is 5.91 Å². The number of benzene rings is 3. The Morgan fingerprint density at radius 3 is 1.94 bits per heavy atom. The smallest absolute Gasteiger partial charge is 0.277 e. The Kier molecular flexibility index (Phi) is 5.68. The van der Waals surface area contributed by atoms with E-state index in [0.29, 0.717) is 0 Å². The van der Waals surface area contributed by atoms with Crippen LogP contribution in [-0.4, -0.2) is 48.1 Å². The van der Waals surface area contributed by atoms with Crippen molar-refractivity contribution >= 4 is 23.7 Å². The first-order chi connectivity index (χ1) is 15.1. The number of aliphatic imine (C=N–C) groups is 1. The molecule has 0 saturated carbocycles. The first kappa shape index (κ1) is 20.1. The molecule has 0 spiro atoms. The fraction of sp³-hybridized carbons (Fsp3) is 0.231. The molecule has 1 fully saturated rings. The van der Waals surface area contributed by atoms with Gasteiger partial charge in [-0.1, -0.05) is 54.1 Å². The fourth-order valence-electron chi connectivity index (χ4n) is 4.28. The molecule has 0 atom stereocenters. The topological polar surface area (TPSA) is 35.9 Å². The number of carbonyl (C=O) groups excluding carboxylic acids is 1. The van der Waals surface area contributed by atoms with Crippen LogP contribution in [-0.2, 0) is 13.1 Å². The third-order valence-corrected chi connectivity index (χ3v) is 6.33. The maximum atomic E-state index is 11.6. The molecule has 2 aliphatic heterocycles. The van der Waals surface area contributed by atoms with E-state index in [1.54, 1.807) is 6.21 Å². The Morgan fingerprint density at radius 2 is 1.29 bits per heavy atom. The Hall–Kier alpha value is -2.79. The molecule has 3 aromatic carbocycles. The average molecular weight is 430 g/mol. The maximum Gasteiger partial charge on any atom is 0.277 e. The molecule has 2 aliphatic rings. The predicted molar refractivity (Wildman–Crippen MR) is 126 cm³/mol. The minimum atomic E-state index is -0.128. The Bertz CT molecular complexity index is 1110. The largest absolute Gasteiger partial charge is 0.297 e. The molecule has 2 heterocycles. The zero-order chi connectivity index (χ0) is 21.2. The molecule has 0 radical (unpaired) electrons. The Labute approximate surface area is 187 Å². The summed E-state index contributed by atoms with van der Waals surface area (Å²) in [5.74, 6) is -0.128. The van der Waals surface area contributed by atoms with Crippen LogP contribution in [0.5, 0.6) is 0 Å². The number of piperazine rings is 1. The molecule has 31 heavy (non-hydrogen) atoms. The van der Waals surface area contributed by atoms with Gasteiger partial charge in [0, 0.05) is 56.1 Å². The van der Waals surface area contributed by atoms with Gasteiger partial charge in [0.05, 0.1) is 5.56 Å². The zero-order valence-corrected chi connectivity index (χ0v) is 18.1. The highest BCUT2D eigenvalue weighted by Crippen LogP contribution is 2.23. The number of hydrogen-bond donors (Lipinski definition) is 0. The van der Waals surface area contributed by atoms with Crippen molar-refractivity contribution in [3.05, 3.63) is 94.0 Å². The standard InChI is InChI=1S/C26H24ClN3O/c27-24-8-6-22(7-9-24)21-4-1-19(2-5-21)17-29-11-13-30(14-12-29)18-20-3-10-25-23(15-20)16-28-26(25)31/h1-10,15-16H,11-14,17-18H2. The summed E-state index contributed by atoms with van der Waals surface area (Å²) in [5.41, 5.74) is 6.65. The van der Waals surface area contributed by atoms with Crippen molar-refractivity contribution in [2.24, 2.45) is 4.99 Å². The van der Waals surface area contributed by atoms with Crippen LogP contribution in [0.1, 0.15) is 27.0 Å². The van der Waals surface area contributed by atoms with E-state index >= 15 is 0 Å². The maximum absolute atomic E-state index is 11.6. The molecular weight excluding hydrogens is 406 g/mol. The van der Waals surface area contributed by atoms with Crippen LogP contribution >= 0.6 is 11.6 Å². The van der Waals surface area contributed by atoms with Crippen molar-refractivity contribution in [2.75, 3.05) is 26.2 Å². The third kappa shape index (κ3) is 4.62. The van der Waals surface area contributed by atoms with Crippen molar-refractivity contribution in [1.82, 2.24) is 9.80 Å². The quantitative estimate of drug-likeness (QED) is 0.578. The van der Waals surface area contributed by atoms with Gasteiger partial charge < -0.3 is 0 Å². The number of carbonyl (C=O) groups is 1. The van der Waals surface area contributed by atoms with Gasteiger partial charge in [0.2, 0.25) is 0 Å². The summed E-state index contributed by atoms with van der Waals surface area (Å²) >= 11 is 5.99. The third-order valence-electron chi connectivity index (χ3n) is 6.08. The SMILES string of the molecule is O=C1N=Cc2cc(CN3CCN(Cc4ccc(-c5ccc(Cl)cc5)cc4)CC3)ccc21. The first-order valence-corrected chi connectivity index (χ1v) is 11.0. The van der Waals surface area contributed by atoms with Crippen LogP contribution < -0.4 is 0 Å². The minimum absolute atomic E-state index is 0.128. The molecule has 1 amide bonds. The van der Waals surface area contributed by atoms with Crippen molar-refractivity contribution in [2.45, 2.75) is 13.1 Å². The van der Waals surface area contributed by atoms with Crippen LogP contribution in [0.2, 0.25) is 5.02 Å². The molecule has 1 saturated heterocycles. The van der Waals surface area contributed by atoms with E-state index in [1.165, 1.54) is 22.3 Å². The first-order valence-electron chi connectivity index (χ1n) is 10.6. The average Bonchev–Trinajstić information content (AvgIpc) is 3.16. The molecule has 0 unspecified atom stereocenters. The normalized spacial score (nSPS) is 16.6. The van der Waals surface area contributed by atoms with Crippen molar-refractivity contribution < 1.29 is 4.79 Å². The highest BCUT2D eigenvalue weighted by atomic mass is 35.5. The number of rotatable bonds is 5. The lowest BCUT2D eigenvalue weighted by atomic mass is 10.0. The fourth-order valence-corrected chi connectivity index (χ4v) is 4.40. The van der Waals surface area contributed by atoms with Gasteiger partial charge in [-0.3, -0.25) is 14.6 Å². The zero-order valence-electron chi connectivity index (χ0n) is 17.3. The van der Waals surface area contributed by atoms with E-state index in [1.807, 2.05) is 18.2 Å². The summed E-state index contributed by atoms with van der Waals surface area (Å²) in [5, 5.41) is 0.764. The van der Waals surface area contributed by atoms with E-state index in [9.17, 15) is 4.79 Å². The van der Waals surface area contributed by atoms with Gasteiger partial charge in [-0.2, -0.15) is 0 Å². The molecule has 0 aromatic heterocycles. The summed E-state index contributed by atoms with van der Waals surface area (Å²) < 4.78 is 0. The monoisotopic (exact) mass is 429 g/mol. The van der Waals surface area contributed by atoms with Crippen molar-refractivity contribution in [3.63, 3.8) is 0 Å². The lowest BCUT2D eigenvalue weighted by molar-refractivity contribution is 0.101. The minimum Gasteiger partial charge on any atom is -0.297 e. The predicted octanol–water partition coefficient (Wildman–Crippen LogP) is 4.90. The van der Waals surface area contributed by atoms with Crippen LogP contribution in [0.3, 0.4) is 0 Å². The summed E-state index contributed by atoms with van der Waals surface area (Å²) in [7, 11) is 0. The summed E-state index contributed by atoms with van der Waals surface area (Å²) in [6.45, 7) is 6.11. The second-order valence-corrected chi connectivity index (χ2v) is 8.68. The molecule has 5 heteroatoms. The van der Waals surface area contributed by atoms with Crippen molar-refractivity contribution in [1.29, 1.82) is 0 Å². The van der Waals surface area contributed by atoms with Gasteiger partial charge >= 0.3 is 0 Å². The van der Waals surface area contributed by atoms with E-state index in [0.717, 1.165) is 55.4 Å². The Morgan fingerprint density at radius 1 is 0.742 bits per heavy atom. The molecular formula is C26H24ClN3O. The molecule has 0 N–H and O–H groups in total. The van der Waals surface area contributed by atoms with E-state index in [4.69, 9.17) is 11.6 Å². The van der Waals surface area contributed by atoms with E-state index in [2.05, 4.69) is 63.3 Å². The number of halogens is 1. The van der Waals surface area contributed by atoms with Crippen LogP contribution in [0.4, 0.5) is 0 Å². The van der Waals surface area contributed by atoms with Gasteiger partial charge in [0.15, 0.2) is 0 Å². The second kappa shape index (κ2) is 8.75. The van der Waals surface area contributed by atoms with Gasteiger partial charge in [-0.05, 0) is 46.5 Å². The second-order valence-electron chi connectivity index (χ2n) is 8.24. The number of fused-ring (bicyclic) bond motifs is 1. The molecule has 4 nitrogen and oxygen atoms in total. The number of hydrogen-bond acceptors (Lipinski definition) is 3. The Balaban J connectivity index is 1.14. The molecule has 3 aromatic rings. The number of nitrogens with zero attached hydrogens (tertiary/aromatic N) is 3. The molecule has 0 bridgehead atoms. The summed E-state index contributed by atoms with van der Waals surface area (Å²) in [6, 6.07) is 22.9. The van der Waals surface area contributed by atoms with Crippen LogP contribution in [0, 0.1) is 0 Å². The molecule has 0 aliphatic carbocycles. The van der Waals surface area contributed by atoms with Gasteiger partial charge in [0.1, 0.15) is 0 Å². The van der Waals surface area contributed by atoms with E-state index < -0.39 is 0 Å². The van der Waals surface area contributed by atoms with Crippen LogP contribution in [0.25, 0.3) is 11.1 Å². The number of amides is 1. The van der Waals surface area contributed by atoms with Crippen LogP contribution in [0.15, 0.2) is 71.7 Å². The van der Waals surface area contributed by atoms with E-state index in [-0.39, 0.29) is 5.91 Å². The lowest BCUT2D eigenvalue weighted by Crippen LogP contribution is -2.45. The highest BCUT2D eigenvalue weighted by molar-refractivity contribution is 6.30. The lowest BCUT2D eigenvalue weighted by Gasteiger charge is -2.34. The summed E-state index contributed by atoms with van der Waals surface area (Å²) in [4.78, 5) is 20.5. The molecule has 5 rings (SSSR count). The van der Waals surface area contributed by atoms with Gasteiger partial charge in [-0.15, -0.1) is 0 Å². The highest BCUT2D eigenvalue weighted by Gasteiger charge is 2.19. The molecule has 156 valence electrons.